The second-order valence-corrected chi connectivity index (χ2v) is 8.01. The number of halogens is 1. The van der Waals surface area contributed by atoms with Crippen molar-refractivity contribution in [3.8, 4) is 11.1 Å². The number of nitrogens with zero attached hydrogens (tertiary/aromatic N) is 2. The zero-order chi connectivity index (χ0) is 19.8. The molecule has 3 aromatic rings. The minimum Gasteiger partial charge on any atom is -0.327 e. The van der Waals surface area contributed by atoms with Crippen molar-refractivity contribution in [3.05, 3.63) is 69.2 Å². The van der Waals surface area contributed by atoms with Gasteiger partial charge < -0.3 is 15.2 Å². The molecule has 0 spiro atoms. The van der Waals surface area contributed by atoms with Crippen molar-refractivity contribution < 1.29 is 4.79 Å². The van der Waals surface area contributed by atoms with E-state index in [0.29, 0.717) is 12.4 Å². The average molecular weight is 439 g/mol. The molecule has 0 radical (unpaired) electrons. The Labute approximate surface area is 173 Å². The van der Waals surface area contributed by atoms with Crippen LogP contribution in [0.4, 0.5) is 5.69 Å². The van der Waals surface area contributed by atoms with Crippen molar-refractivity contribution in [1.29, 1.82) is 0 Å². The van der Waals surface area contributed by atoms with E-state index in [0.717, 1.165) is 51.2 Å². The maximum atomic E-state index is 13.0. The van der Waals surface area contributed by atoms with Gasteiger partial charge in [-0.05, 0) is 48.2 Å². The molecule has 2 heterocycles. The second-order valence-electron chi connectivity index (χ2n) is 7.16. The fourth-order valence-electron chi connectivity index (χ4n) is 3.80. The van der Waals surface area contributed by atoms with Crippen LogP contribution in [0.2, 0.25) is 0 Å². The van der Waals surface area contributed by atoms with Crippen LogP contribution in [0.3, 0.4) is 0 Å². The highest BCUT2D eigenvalue weighted by Gasteiger charge is 2.22. The lowest BCUT2D eigenvalue weighted by molar-refractivity contribution is 0.101. The van der Waals surface area contributed by atoms with E-state index in [-0.39, 0.29) is 5.91 Å². The summed E-state index contributed by atoms with van der Waals surface area (Å²) in [5.74, 6) is 0.278. The van der Waals surface area contributed by atoms with Crippen molar-refractivity contribution >= 4 is 27.5 Å². The summed E-state index contributed by atoms with van der Waals surface area (Å²) < 4.78 is 2.99. The summed E-state index contributed by atoms with van der Waals surface area (Å²) in [6, 6.07) is 12.2. The van der Waals surface area contributed by atoms with Crippen LogP contribution >= 0.6 is 15.9 Å². The van der Waals surface area contributed by atoms with Gasteiger partial charge in [-0.3, -0.25) is 4.79 Å². The van der Waals surface area contributed by atoms with E-state index < -0.39 is 0 Å². The fraction of sp³-hybridized carbons (Fsp3) is 0.273. The Morgan fingerprint density at radius 2 is 1.86 bits per heavy atom. The number of carbonyl (C=O) groups is 1. The maximum Gasteiger partial charge on any atom is 0.291 e. The number of amides is 1. The summed E-state index contributed by atoms with van der Waals surface area (Å²) in [5, 5.41) is 6.37. The van der Waals surface area contributed by atoms with Crippen LogP contribution in [0.1, 0.15) is 33.1 Å². The number of benzene rings is 2. The van der Waals surface area contributed by atoms with E-state index in [1.165, 1.54) is 5.56 Å². The highest BCUT2D eigenvalue weighted by molar-refractivity contribution is 9.10. The van der Waals surface area contributed by atoms with Gasteiger partial charge in [0.05, 0.1) is 5.69 Å². The van der Waals surface area contributed by atoms with Gasteiger partial charge in [0.2, 0.25) is 0 Å². The van der Waals surface area contributed by atoms with Gasteiger partial charge in [0.15, 0.2) is 5.82 Å². The lowest BCUT2D eigenvalue weighted by atomic mass is 9.95. The highest BCUT2D eigenvalue weighted by atomic mass is 79.9. The van der Waals surface area contributed by atoms with Gasteiger partial charge in [0.25, 0.3) is 5.91 Å². The Morgan fingerprint density at radius 1 is 1.14 bits per heavy atom. The molecule has 6 heteroatoms. The van der Waals surface area contributed by atoms with Crippen LogP contribution < -0.4 is 10.6 Å². The first-order chi connectivity index (χ1) is 13.5. The molecule has 2 aromatic carbocycles. The molecule has 5 nitrogen and oxygen atoms in total. The van der Waals surface area contributed by atoms with Crippen molar-refractivity contribution in [3.63, 3.8) is 0 Å². The van der Waals surface area contributed by atoms with E-state index in [2.05, 4.69) is 50.6 Å². The third kappa shape index (κ3) is 3.27. The molecule has 144 valence electrons. The summed E-state index contributed by atoms with van der Waals surface area (Å²) in [6.07, 6.45) is 0.892. The molecule has 1 aromatic heterocycles. The van der Waals surface area contributed by atoms with E-state index in [9.17, 15) is 4.79 Å². The zero-order valence-corrected chi connectivity index (χ0v) is 17.9. The molecule has 4 rings (SSSR count). The highest BCUT2D eigenvalue weighted by Crippen LogP contribution is 2.33. The number of nitrogens with one attached hydrogen (secondary N) is 2. The topological polar surface area (TPSA) is 59.0 Å². The summed E-state index contributed by atoms with van der Waals surface area (Å²) in [7, 11) is 1.92. The van der Waals surface area contributed by atoms with Crippen LogP contribution in [0.5, 0.6) is 0 Å². The van der Waals surface area contributed by atoms with E-state index in [1.807, 2.05) is 42.8 Å². The lowest BCUT2D eigenvalue weighted by Crippen LogP contribution is -2.24. The Hall–Kier alpha value is -2.44. The number of anilines is 1. The third-order valence-electron chi connectivity index (χ3n) is 5.47. The maximum absolute atomic E-state index is 13.0. The van der Waals surface area contributed by atoms with Gasteiger partial charge in [0.1, 0.15) is 0 Å². The Balaban J connectivity index is 1.67. The molecule has 1 amide bonds. The van der Waals surface area contributed by atoms with Crippen LogP contribution in [-0.2, 0) is 20.0 Å². The molecule has 0 saturated carbocycles. The number of hydrogen-bond donors (Lipinski definition) is 2. The smallest absolute Gasteiger partial charge is 0.291 e. The first-order valence-electron chi connectivity index (χ1n) is 9.39. The molecule has 28 heavy (non-hydrogen) atoms. The molecule has 1 aliphatic heterocycles. The molecule has 0 saturated heterocycles. The van der Waals surface area contributed by atoms with Gasteiger partial charge >= 0.3 is 0 Å². The molecule has 1 aliphatic rings. The first kappa shape index (κ1) is 18.9. The van der Waals surface area contributed by atoms with Crippen LogP contribution in [-0.4, -0.2) is 22.0 Å². The third-order valence-corrected chi connectivity index (χ3v) is 6.33. The van der Waals surface area contributed by atoms with Gasteiger partial charge in [0, 0.05) is 42.4 Å². The molecular weight excluding hydrogens is 416 g/mol. The van der Waals surface area contributed by atoms with Crippen LogP contribution in [0.15, 0.2) is 40.9 Å². The number of carbonyl (C=O) groups excluding carboxylic acids is 1. The minimum atomic E-state index is -0.178. The zero-order valence-electron chi connectivity index (χ0n) is 16.3. The van der Waals surface area contributed by atoms with Crippen molar-refractivity contribution in [2.45, 2.75) is 26.8 Å². The van der Waals surface area contributed by atoms with Crippen molar-refractivity contribution in [2.24, 2.45) is 7.05 Å². The fourth-order valence-corrected chi connectivity index (χ4v) is 4.17. The summed E-state index contributed by atoms with van der Waals surface area (Å²) in [6.45, 7) is 5.77. The summed E-state index contributed by atoms with van der Waals surface area (Å²) >= 11 is 3.61. The number of fused-ring (bicyclic) bond motifs is 1. The number of aromatic nitrogens is 2. The largest absolute Gasteiger partial charge is 0.327 e. The monoisotopic (exact) mass is 438 g/mol. The van der Waals surface area contributed by atoms with Gasteiger partial charge in [-0.2, -0.15) is 0 Å². The van der Waals surface area contributed by atoms with Gasteiger partial charge in [-0.25, -0.2) is 4.98 Å². The van der Waals surface area contributed by atoms with Gasteiger partial charge in [-0.15, -0.1) is 0 Å². The van der Waals surface area contributed by atoms with Crippen molar-refractivity contribution in [2.75, 3.05) is 11.9 Å². The van der Waals surface area contributed by atoms with Crippen LogP contribution in [0.25, 0.3) is 11.1 Å². The molecule has 0 fully saturated rings. The summed E-state index contributed by atoms with van der Waals surface area (Å²) in [4.78, 5) is 17.5. The Kier molecular flexibility index (Phi) is 5.08. The predicted molar refractivity (Wildman–Crippen MR) is 116 cm³/mol. The number of rotatable bonds is 3. The number of hydrogen-bond acceptors (Lipinski definition) is 3. The molecular formula is C22H23BrN4O. The molecule has 0 atom stereocenters. The quantitative estimate of drug-likeness (QED) is 0.638. The second kappa shape index (κ2) is 7.53. The van der Waals surface area contributed by atoms with E-state index >= 15 is 0 Å². The molecule has 0 aliphatic carbocycles. The SMILES string of the molecule is Cc1c(Br)cccc1-c1cccc(NC(=O)c2nc3c(n2C)CCNC3)c1C. The Bertz CT molecular complexity index is 1070. The van der Waals surface area contributed by atoms with E-state index in [1.54, 1.807) is 0 Å². The first-order valence-corrected chi connectivity index (χ1v) is 10.2. The minimum absolute atomic E-state index is 0.178. The Morgan fingerprint density at radius 3 is 2.61 bits per heavy atom. The lowest BCUT2D eigenvalue weighted by Gasteiger charge is -2.15. The van der Waals surface area contributed by atoms with Crippen molar-refractivity contribution in [1.82, 2.24) is 14.9 Å². The van der Waals surface area contributed by atoms with E-state index in [4.69, 9.17) is 0 Å². The van der Waals surface area contributed by atoms with Gasteiger partial charge in [-0.1, -0.05) is 40.2 Å². The molecule has 0 bridgehead atoms. The van der Waals surface area contributed by atoms with Crippen LogP contribution in [0, 0.1) is 13.8 Å². The average Bonchev–Trinajstić information content (AvgIpc) is 3.03. The standard InChI is InChI=1S/C22H23BrN4O/c1-13-15(6-4-8-17(13)23)16-7-5-9-18(14(16)2)26-22(28)21-25-19-12-24-11-10-20(19)27(21)3/h4-9,24H,10-12H2,1-3H3,(H,26,28). The normalized spacial score (nSPS) is 13.3. The molecule has 0 unspecified atom stereocenters. The summed E-state index contributed by atoms with van der Waals surface area (Å²) in [5.41, 5.74) is 7.40. The molecule has 2 N–H and O–H groups in total. The predicted octanol–water partition coefficient (Wildman–Crippen LogP) is 4.36. The number of imidazole rings is 1.